The number of rotatable bonds is 6. The minimum absolute atomic E-state index is 0.00509. The third-order valence-corrected chi connectivity index (χ3v) is 4.81. The number of pyridine rings is 1. The van der Waals surface area contributed by atoms with Crippen LogP contribution in [-0.2, 0) is 6.54 Å². The van der Waals surface area contributed by atoms with Crippen molar-refractivity contribution in [1.82, 2.24) is 14.5 Å². The number of aromatic nitrogens is 3. The molecule has 164 valence electrons. The summed E-state index contributed by atoms with van der Waals surface area (Å²) < 4.78 is 60.6. The van der Waals surface area contributed by atoms with Gasteiger partial charge in [-0.05, 0) is 37.6 Å². The molecule has 31 heavy (non-hydrogen) atoms. The van der Waals surface area contributed by atoms with Crippen molar-refractivity contribution < 1.29 is 22.3 Å². The minimum Gasteiger partial charge on any atom is -0.440 e. The van der Waals surface area contributed by atoms with Gasteiger partial charge in [0.25, 0.3) is 6.10 Å². The Hall–Kier alpha value is -2.57. The first kappa shape index (κ1) is 23.1. The molecule has 0 spiro atoms. The van der Waals surface area contributed by atoms with Gasteiger partial charge in [-0.3, -0.25) is 4.79 Å². The Kier molecular flexibility index (Phi) is 6.92. The van der Waals surface area contributed by atoms with Crippen LogP contribution in [0.5, 0.6) is 5.88 Å². The van der Waals surface area contributed by atoms with Gasteiger partial charge < -0.3 is 14.6 Å². The predicted octanol–water partition coefficient (Wildman–Crippen LogP) is 3.47. The average Bonchev–Trinajstić information content (AvgIpc) is 2.67. The maximum atomic E-state index is 13.9. The zero-order valence-electron chi connectivity index (χ0n) is 16.4. The van der Waals surface area contributed by atoms with Gasteiger partial charge in [0.15, 0.2) is 11.6 Å². The van der Waals surface area contributed by atoms with Gasteiger partial charge in [0.2, 0.25) is 17.6 Å². The molecule has 0 aliphatic heterocycles. The molecular weight excluding hydrogens is 454 g/mol. The highest BCUT2D eigenvalue weighted by molar-refractivity contribution is 7.27. The third-order valence-electron chi connectivity index (χ3n) is 4.25. The van der Waals surface area contributed by atoms with Gasteiger partial charge in [0.1, 0.15) is 0 Å². The minimum atomic E-state index is -1.63. The molecule has 0 bridgehead atoms. The highest BCUT2D eigenvalue weighted by Crippen LogP contribution is 2.26. The number of hydrogen-bond acceptors (Lipinski definition) is 5. The van der Waals surface area contributed by atoms with Crippen LogP contribution in [0.2, 0.25) is 0 Å². The maximum Gasteiger partial charge on any atom is 0.310 e. The number of ether oxygens (including phenoxy) is 1. The molecule has 2 aromatic heterocycles. The Morgan fingerprint density at radius 2 is 1.87 bits per heavy atom. The van der Waals surface area contributed by atoms with Crippen LogP contribution >= 0.6 is 18.5 Å². The van der Waals surface area contributed by atoms with Crippen molar-refractivity contribution in [2.45, 2.75) is 26.5 Å². The first-order chi connectivity index (χ1) is 14.5. The lowest BCUT2D eigenvalue weighted by Crippen LogP contribution is -2.21. The Labute approximate surface area is 179 Å². The van der Waals surface area contributed by atoms with Crippen molar-refractivity contribution in [3.8, 4) is 5.88 Å². The largest absolute Gasteiger partial charge is 0.440 e. The van der Waals surface area contributed by atoms with Gasteiger partial charge >= 0.3 is 5.56 Å². The molecule has 1 N–H and O–H groups in total. The first-order valence-corrected chi connectivity index (χ1v) is 10.1. The van der Waals surface area contributed by atoms with E-state index < -0.39 is 29.1 Å². The monoisotopic (exact) mass is 472 g/mol. The van der Waals surface area contributed by atoms with Crippen LogP contribution in [0.15, 0.2) is 29.2 Å². The van der Waals surface area contributed by atoms with Crippen LogP contribution in [0.4, 0.5) is 29.2 Å². The second-order valence-electron chi connectivity index (χ2n) is 6.66. The van der Waals surface area contributed by atoms with E-state index in [1.54, 1.807) is 19.9 Å². The lowest BCUT2D eigenvalue weighted by atomic mass is 10.2. The van der Waals surface area contributed by atoms with Crippen LogP contribution in [0.25, 0.3) is 0 Å². The lowest BCUT2D eigenvalue weighted by Gasteiger charge is -2.17. The molecule has 3 rings (SSSR count). The van der Waals surface area contributed by atoms with Gasteiger partial charge in [-0.2, -0.15) is 13.8 Å². The zero-order valence-corrected chi connectivity index (χ0v) is 18.7. The van der Waals surface area contributed by atoms with Crippen LogP contribution in [0.1, 0.15) is 16.8 Å². The first-order valence-electron chi connectivity index (χ1n) is 8.87. The molecule has 3 atom stereocenters. The summed E-state index contributed by atoms with van der Waals surface area (Å²) >= 11 is 0. The second-order valence-corrected chi connectivity index (χ2v) is 7.81. The Morgan fingerprint density at radius 1 is 1.16 bits per heavy atom. The number of alkyl halides is 1. The van der Waals surface area contributed by atoms with Crippen molar-refractivity contribution in [3.05, 3.63) is 69.0 Å². The summed E-state index contributed by atoms with van der Waals surface area (Å²) in [6.45, 7) is 3.16. The Morgan fingerprint density at radius 3 is 2.52 bits per heavy atom. The fourth-order valence-electron chi connectivity index (χ4n) is 2.80. The number of nitrogens with zero attached hydrogens (tertiary/aromatic N) is 3. The normalized spacial score (nSPS) is 12.0. The van der Waals surface area contributed by atoms with Gasteiger partial charge in [-0.15, -0.1) is 9.24 Å². The molecule has 3 aromatic rings. The zero-order chi connectivity index (χ0) is 22.9. The second kappa shape index (κ2) is 9.28. The molecule has 0 radical (unpaired) electrons. The molecule has 0 aliphatic rings. The molecule has 2 heterocycles. The van der Waals surface area contributed by atoms with Gasteiger partial charge in [-0.1, -0.05) is 9.24 Å². The maximum absolute atomic E-state index is 13.9. The molecule has 0 saturated carbocycles. The SMILES string of the molecule is Cc1cc(Nc2nc(=O)c(F)cn2Cc2cc(F)c(F)c(P)c2)c(C)nc1OC(F)P. The van der Waals surface area contributed by atoms with E-state index in [-0.39, 0.29) is 23.7 Å². The topological polar surface area (TPSA) is 69.0 Å². The van der Waals surface area contributed by atoms with E-state index in [9.17, 15) is 22.4 Å². The highest BCUT2D eigenvalue weighted by Gasteiger charge is 2.15. The fourth-order valence-corrected chi connectivity index (χ4v) is 3.28. The molecule has 0 saturated heterocycles. The fraction of sp³-hybridized carbons (Fsp3) is 0.211. The highest BCUT2D eigenvalue weighted by atomic mass is 31.0. The summed E-state index contributed by atoms with van der Waals surface area (Å²) in [7, 11) is 3.93. The van der Waals surface area contributed by atoms with Crippen LogP contribution < -0.4 is 20.9 Å². The summed E-state index contributed by atoms with van der Waals surface area (Å²) in [6, 6.07) is 3.95. The number of halogens is 4. The van der Waals surface area contributed by atoms with Crippen molar-refractivity contribution in [1.29, 1.82) is 0 Å². The van der Waals surface area contributed by atoms with Crippen LogP contribution in [0.3, 0.4) is 0 Å². The van der Waals surface area contributed by atoms with Crippen LogP contribution in [-0.4, -0.2) is 20.6 Å². The molecule has 1 aromatic carbocycles. The van der Waals surface area contributed by atoms with Crippen molar-refractivity contribution >= 4 is 35.4 Å². The van der Waals surface area contributed by atoms with E-state index in [1.807, 2.05) is 9.24 Å². The molecule has 3 unspecified atom stereocenters. The molecular formula is C19H18F4N4O2P2. The molecule has 12 heteroatoms. The van der Waals surface area contributed by atoms with E-state index in [2.05, 4.69) is 24.5 Å². The van der Waals surface area contributed by atoms with Crippen molar-refractivity contribution in [2.24, 2.45) is 0 Å². The number of hydrogen-bond donors (Lipinski definition) is 1. The number of anilines is 2. The van der Waals surface area contributed by atoms with E-state index in [4.69, 9.17) is 4.74 Å². The molecule has 0 amide bonds. The molecule has 0 aliphatic carbocycles. The third kappa shape index (κ3) is 5.38. The predicted molar refractivity (Wildman–Crippen MR) is 115 cm³/mol. The number of aryl methyl sites for hydroxylation is 2. The van der Waals surface area contributed by atoms with Crippen LogP contribution in [0, 0.1) is 31.3 Å². The van der Waals surface area contributed by atoms with Gasteiger partial charge in [0.05, 0.1) is 17.9 Å². The summed E-state index contributed by atoms with van der Waals surface area (Å²) in [5.74, 6) is -3.13. The standard InChI is InChI=1S/C19H18F4N4O2P2/c1-8-3-13(9(2)24-17(8)29-18(23)31)25-19-26-16(28)12(21)7-27(19)6-10-4-11(20)15(22)14(30)5-10/h3-5,7,18H,6,30-31H2,1-2H3,(H,25,26,28). The Bertz CT molecular complexity index is 1180. The quantitative estimate of drug-likeness (QED) is 0.440. The van der Waals surface area contributed by atoms with Gasteiger partial charge in [-0.25, -0.2) is 13.8 Å². The molecule has 6 nitrogen and oxygen atoms in total. The Balaban J connectivity index is 2.00. The average molecular weight is 472 g/mol. The van der Waals surface area contributed by atoms with E-state index in [1.165, 1.54) is 10.6 Å². The summed E-state index contributed by atoms with van der Waals surface area (Å²) in [4.78, 5) is 19.7. The van der Waals surface area contributed by atoms with Gasteiger partial charge in [0, 0.05) is 17.1 Å². The van der Waals surface area contributed by atoms with Crippen molar-refractivity contribution in [2.75, 3.05) is 5.32 Å². The molecule has 0 fully saturated rings. The summed E-state index contributed by atoms with van der Waals surface area (Å²) in [5.41, 5.74) is 0.537. The van der Waals surface area contributed by atoms with Crippen molar-refractivity contribution in [3.63, 3.8) is 0 Å². The van der Waals surface area contributed by atoms with E-state index >= 15 is 0 Å². The summed E-state index contributed by atoms with van der Waals surface area (Å²) in [5, 5.41) is 2.89. The number of nitrogens with one attached hydrogen (secondary N) is 1. The smallest absolute Gasteiger partial charge is 0.310 e. The van der Waals surface area contributed by atoms with E-state index in [0.717, 1.165) is 12.3 Å². The lowest BCUT2D eigenvalue weighted by molar-refractivity contribution is 0.146. The number of benzene rings is 1. The summed E-state index contributed by atoms with van der Waals surface area (Å²) in [6.07, 6.45) is -0.720. The van der Waals surface area contributed by atoms with E-state index in [0.29, 0.717) is 22.5 Å².